The van der Waals surface area contributed by atoms with Crippen molar-refractivity contribution in [1.29, 1.82) is 0 Å². The van der Waals surface area contributed by atoms with E-state index in [9.17, 15) is 4.39 Å². The lowest BCUT2D eigenvalue weighted by Gasteiger charge is -2.28. The summed E-state index contributed by atoms with van der Waals surface area (Å²) in [6.45, 7) is 15.0. The maximum absolute atomic E-state index is 11.9. The number of carbonyl (C=O) groups is 2. The van der Waals surface area contributed by atoms with Crippen molar-refractivity contribution < 1.29 is 14.0 Å². The highest BCUT2D eigenvalue weighted by molar-refractivity contribution is 5.35. The highest BCUT2D eigenvalue weighted by atomic mass is 19.1. The number of likely N-dealkylation sites (tertiary alicyclic amines) is 1. The third kappa shape index (κ3) is 8.19. The first kappa shape index (κ1) is 27.7. The Morgan fingerprint density at radius 2 is 1.57 bits per heavy atom. The largest absolute Gasteiger partial charge is 0.307 e. The predicted molar refractivity (Wildman–Crippen MR) is 121 cm³/mol. The molecule has 6 heteroatoms. The number of aromatic nitrogens is 2. The zero-order valence-electron chi connectivity index (χ0n) is 19.2. The number of nitrogens with one attached hydrogen (secondary N) is 1. The van der Waals surface area contributed by atoms with Crippen molar-refractivity contribution in [3.05, 3.63) is 53.1 Å². The molecule has 0 atom stereocenters. The highest BCUT2D eigenvalue weighted by Gasteiger charge is 2.43. The van der Waals surface area contributed by atoms with Gasteiger partial charge in [0.15, 0.2) is 0 Å². The molecule has 2 aliphatic rings. The summed E-state index contributed by atoms with van der Waals surface area (Å²) >= 11 is 0. The molecule has 2 heterocycles. The van der Waals surface area contributed by atoms with E-state index in [0.717, 1.165) is 0 Å². The number of rotatable bonds is 2. The Bertz CT molecular complexity index is 692. The van der Waals surface area contributed by atoms with Gasteiger partial charge in [-0.3, -0.25) is 5.10 Å². The molecule has 1 aromatic heterocycles. The quantitative estimate of drug-likeness (QED) is 0.739. The summed E-state index contributed by atoms with van der Waals surface area (Å²) in [5.41, 5.74) is 4.59. The molecule has 2 fully saturated rings. The Kier molecular flexibility index (Phi) is 13.5. The number of hydrogen-bond donors (Lipinski definition) is 1. The van der Waals surface area contributed by atoms with E-state index in [1.807, 2.05) is 27.4 Å². The SMILES string of the molecule is C=O.C=O.CC.Cc1c(C2(C)CC2)n[nH]c1C1CCN(C)CC1.Fc1ccccc1. The molecular formula is C24H38FN3O2. The van der Waals surface area contributed by atoms with Crippen LogP contribution >= 0.6 is 0 Å². The van der Waals surface area contributed by atoms with E-state index in [-0.39, 0.29) is 5.82 Å². The van der Waals surface area contributed by atoms with Crippen LogP contribution in [0.2, 0.25) is 0 Å². The number of carbonyl (C=O) groups excluding carboxylic acids is 2. The van der Waals surface area contributed by atoms with E-state index in [1.165, 1.54) is 67.9 Å². The summed E-state index contributed by atoms with van der Waals surface area (Å²) in [5, 5.41) is 7.94. The molecule has 0 bridgehead atoms. The van der Waals surface area contributed by atoms with Gasteiger partial charge in [-0.15, -0.1) is 0 Å². The lowest BCUT2D eigenvalue weighted by atomic mass is 9.89. The maximum Gasteiger partial charge on any atom is 0.123 e. The van der Waals surface area contributed by atoms with E-state index in [4.69, 9.17) is 9.59 Å². The van der Waals surface area contributed by atoms with Crippen LogP contribution in [0.25, 0.3) is 0 Å². The second kappa shape index (κ2) is 14.6. The average molecular weight is 420 g/mol. The van der Waals surface area contributed by atoms with Crippen LogP contribution in [0.15, 0.2) is 30.3 Å². The van der Waals surface area contributed by atoms with Crippen molar-refractivity contribution in [3.63, 3.8) is 0 Å². The van der Waals surface area contributed by atoms with E-state index >= 15 is 0 Å². The number of H-pyrrole nitrogens is 1. The van der Waals surface area contributed by atoms with Gasteiger partial charge < -0.3 is 14.5 Å². The number of hydrogen-bond acceptors (Lipinski definition) is 4. The molecule has 1 aliphatic heterocycles. The Morgan fingerprint density at radius 3 is 1.97 bits per heavy atom. The fourth-order valence-electron chi connectivity index (χ4n) is 3.53. The van der Waals surface area contributed by atoms with Crippen molar-refractivity contribution in [2.75, 3.05) is 20.1 Å². The van der Waals surface area contributed by atoms with Crippen LogP contribution in [-0.4, -0.2) is 48.8 Å². The number of nitrogens with zero attached hydrogens (tertiary/aromatic N) is 2. The molecule has 0 radical (unpaired) electrons. The van der Waals surface area contributed by atoms with Crippen LogP contribution in [0.1, 0.15) is 69.3 Å². The van der Waals surface area contributed by atoms with E-state index in [0.29, 0.717) is 11.3 Å². The molecule has 4 rings (SSSR count). The molecule has 0 amide bonds. The molecule has 1 aromatic carbocycles. The highest BCUT2D eigenvalue weighted by Crippen LogP contribution is 2.48. The molecule has 1 saturated carbocycles. The first-order valence-corrected chi connectivity index (χ1v) is 10.5. The van der Waals surface area contributed by atoms with Gasteiger partial charge in [0.2, 0.25) is 0 Å². The lowest BCUT2D eigenvalue weighted by Crippen LogP contribution is -2.29. The first-order chi connectivity index (χ1) is 14.5. The van der Waals surface area contributed by atoms with Gasteiger partial charge in [0.1, 0.15) is 19.4 Å². The standard InChI is InChI=1S/C14H23N3.C6H5F.C2H6.2CH2O/c1-10-12(11-4-8-17(3)9-5-11)15-16-13(10)14(2)6-7-14;7-6-4-2-1-3-5-6;3*1-2/h11H,4-9H2,1-3H3,(H,15,16);1-5H;1-2H3;2*1H2. The number of benzene rings is 1. The third-order valence-corrected chi connectivity index (χ3v) is 5.48. The normalized spacial score (nSPS) is 16.7. The van der Waals surface area contributed by atoms with Gasteiger partial charge in [-0.2, -0.15) is 5.10 Å². The second-order valence-electron chi connectivity index (χ2n) is 7.54. The average Bonchev–Trinajstić information content (AvgIpc) is 3.42. The molecule has 168 valence electrons. The van der Waals surface area contributed by atoms with Crippen LogP contribution in [0.3, 0.4) is 0 Å². The Morgan fingerprint density at radius 1 is 1.07 bits per heavy atom. The molecule has 0 unspecified atom stereocenters. The van der Waals surface area contributed by atoms with Gasteiger partial charge >= 0.3 is 0 Å². The van der Waals surface area contributed by atoms with Gasteiger partial charge in [0, 0.05) is 17.0 Å². The fraction of sp³-hybridized carbons (Fsp3) is 0.542. The molecule has 1 aliphatic carbocycles. The van der Waals surface area contributed by atoms with E-state index < -0.39 is 0 Å². The summed E-state index contributed by atoms with van der Waals surface area (Å²) in [4.78, 5) is 18.4. The molecular weight excluding hydrogens is 381 g/mol. The number of halogens is 1. The summed E-state index contributed by atoms with van der Waals surface area (Å²) in [6.07, 6.45) is 5.17. The minimum atomic E-state index is -0.178. The zero-order valence-corrected chi connectivity index (χ0v) is 19.2. The summed E-state index contributed by atoms with van der Waals surface area (Å²) in [5.74, 6) is 0.525. The van der Waals surface area contributed by atoms with Crippen LogP contribution < -0.4 is 0 Å². The smallest absolute Gasteiger partial charge is 0.123 e. The first-order valence-electron chi connectivity index (χ1n) is 10.5. The summed E-state index contributed by atoms with van der Waals surface area (Å²) in [7, 11) is 2.21. The molecule has 1 saturated heterocycles. The van der Waals surface area contributed by atoms with Crippen LogP contribution in [-0.2, 0) is 15.0 Å². The molecule has 5 nitrogen and oxygen atoms in total. The zero-order chi connectivity index (χ0) is 23.2. The van der Waals surface area contributed by atoms with Crippen molar-refractivity contribution in [1.82, 2.24) is 15.1 Å². The van der Waals surface area contributed by atoms with E-state index in [2.05, 4.69) is 36.0 Å². The van der Waals surface area contributed by atoms with Crippen molar-refractivity contribution in [3.8, 4) is 0 Å². The van der Waals surface area contributed by atoms with Crippen LogP contribution in [0.5, 0.6) is 0 Å². The predicted octanol–water partition coefficient (Wildman–Crippen LogP) is 5.06. The van der Waals surface area contributed by atoms with Gasteiger partial charge in [-0.05, 0) is 70.4 Å². The van der Waals surface area contributed by atoms with Gasteiger partial charge in [-0.25, -0.2) is 4.39 Å². The van der Waals surface area contributed by atoms with Crippen molar-refractivity contribution in [2.24, 2.45) is 0 Å². The molecule has 1 N–H and O–H groups in total. The Hall–Kier alpha value is -2.34. The number of piperidine rings is 1. The number of aromatic amines is 1. The van der Waals surface area contributed by atoms with Crippen molar-refractivity contribution in [2.45, 2.75) is 64.7 Å². The monoisotopic (exact) mass is 419 g/mol. The van der Waals surface area contributed by atoms with Gasteiger partial charge in [0.05, 0.1) is 5.69 Å². The minimum absolute atomic E-state index is 0.178. The summed E-state index contributed by atoms with van der Waals surface area (Å²) < 4.78 is 11.9. The van der Waals surface area contributed by atoms with E-state index in [1.54, 1.807) is 18.2 Å². The fourth-order valence-corrected chi connectivity index (χ4v) is 3.53. The Labute approximate surface area is 181 Å². The molecule has 30 heavy (non-hydrogen) atoms. The van der Waals surface area contributed by atoms with Crippen LogP contribution in [0, 0.1) is 12.7 Å². The Balaban J connectivity index is 0.000000543. The summed E-state index contributed by atoms with van der Waals surface area (Å²) in [6, 6.07) is 7.94. The maximum atomic E-state index is 11.9. The molecule has 2 aromatic rings. The lowest BCUT2D eigenvalue weighted by molar-refractivity contribution is -0.0987. The topological polar surface area (TPSA) is 66.1 Å². The van der Waals surface area contributed by atoms with Gasteiger partial charge in [0.25, 0.3) is 0 Å². The molecule has 0 spiro atoms. The second-order valence-corrected chi connectivity index (χ2v) is 7.54. The minimum Gasteiger partial charge on any atom is -0.307 e. The van der Waals surface area contributed by atoms with Crippen molar-refractivity contribution >= 4 is 13.6 Å². The van der Waals surface area contributed by atoms with Crippen LogP contribution in [0.4, 0.5) is 4.39 Å². The third-order valence-electron chi connectivity index (χ3n) is 5.48. The van der Waals surface area contributed by atoms with Gasteiger partial charge in [-0.1, -0.05) is 39.0 Å².